The molecular weight excluding hydrogens is 290 g/mol. The molecule has 1 fully saturated rings. The molecule has 0 unspecified atom stereocenters. The van der Waals surface area contributed by atoms with Gasteiger partial charge in [-0.25, -0.2) is 9.97 Å². The Morgan fingerprint density at radius 2 is 2.13 bits per heavy atom. The van der Waals surface area contributed by atoms with Gasteiger partial charge in [-0.2, -0.15) is 0 Å². The van der Waals surface area contributed by atoms with Crippen LogP contribution in [0.4, 0.5) is 11.6 Å². The minimum atomic E-state index is -0.202. The third-order valence-corrected chi connectivity index (χ3v) is 3.95. The van der Waals surface area contributed by atoms with Crippen molar-refractivity contribution >= 4 is 17.4 Å². The van der Waals surface area contributed by atoms with Crippen molar-refractivity contribution in [3.05, 3.63) is 47.8 Å². The number of carbonyl (C=O) groups excluding carboxylic acids is 1. The Morgan fingerprint density at radius 1 is 1.30 bits per heavy atom. The number of pyridine rings is 2. The van der Waals surface area contributed by atoms with Crippen LogP contribution < -0.4 is 16.0 Å². The van der Waals surface area contributed by atoms with Crippen LogP contribution in [0.5, 0.6) is 0 Å². The Morgan fingerprint density at radius 3 is 2.87 bits per heavy atom. The molecule has 120 valence electrons. The van der Waals surface area contributed by atoms with Crippen LogP contribution in [0.2, 0.25) is 0 Å². The van der Waals surface area contributed by atoms with E-state index in [1.54, 1.807) is 24.4 Å². The molecule has 0 spiro atoms. The lowest BCUT2D eigenvalue weighted by atomic mass is 10.0. The summed E-state index contributed by atoms with van der Waals surface area (Å²) in [6.07, 6.45) is 1.57. The Kier molecular flexibility index (Phi) is 4.00. The number of anilines is 2. The van der Waals surface area contributed by atoms with Gasteiger partial charge in [0.2, 0.25) is 5.78 Å². The molecule has 6 nitrogen and oxygen atoms in total. The largest absolute Gasteiger partial charge is 0.383 e. The van der Waals surface area contributed by atoms with Crippen molar-refractivity contribution in [1.82, 2.24) is 15.3 Å². The van der Waals surface area contributed by atoms with Gasteiger partial charge in [0.1, 0.15) is 17.3 Å². The number of carbonyl (C=O) groups is 1. The van der Waals surface area contributed by atoms with Crippen molar-refractivity contribution in [2.45, 2.75) is 19.4 Å². The molecule has 0 amide bonds. The molecule has 2 aromatic rings. The molecule has 23 heavy (non-hydrogen) atoms. The molecule has 0 atom stereocenters. The first-order chi connectivity index (χ1) is 11.0. The van der Waals surface area contributed by atoms with E-state index in [-0.39, 0.29) is 17.1 Å². The summed E-state index contributed by atoms with van der Waals surface area (Å²) in [7, 11) is 0. The monoisotopic (exact) mass is 311 g/mol. The molecule has 1 aliphatic heterocycles. The van der Waals surface area contributed by atoms with E-state index in [4.69, 9.17) is 5.73 Å². The first-order valence-electron chi connectivity index (χ1n) is 7.68. The lowest BCUT2D eigenvalue weighted by molar-refractivity contribution is 0.103. The van der Waals surface area contributed by atoms with Crippen LogP contribution in [0.3, 0.4) is 0 Å². The zero-order valence-corrected chi connectivity index (χ0v) is 13.4. The van der Waals surface area contributed by atoms with Gasteiger partial charge < -0.3 is 16.0 Å². The van der Waals surface area contributed by atoms with Crippen molar-refractivity contribution in [3.8, 4) is 0 Å². The fraction of sp³-hybridized carbons (Fsp3) is 0.353. The second kappa shape index (κ2) is 5.96. The van der Waals surface area contributed by atoms with Gasteiger partial charge in [-0.3, -0.25) is 4.79 Å². The van der Waals surface area contributed by atoms with Crippen molar-refractivity contribution in [2.75, 3.05) is 30.3 Å². The molecule has 3 rings (SSSR count). The third-order valence-electron chi connectivity index (χ3n) is 3.95. The molecule has 3 N–H and O–H groups in total. The lowest BCUT2D eigenvalue weighted by Gasteiger charge is -2.39. The maximum atomic E-state index is 12.6. The highest BCUT2D eigenvalue weighted by Crippen LogP contribution is 2.20. The van der Waals surface area contributed by atoms with Crippen LogP contribution in [0.15, 0.2) is 36.5 Å². The number of nitrogens with one attached hydrogen (secondary N) is 1. The first-order valence-corrected chi connectivity index (χ1v) is 7.68. The smallest absolute Gasteiger partial charge is 0.215 e. The highest BCUT2D eigenvalue weighted by Gasteiger charge is 2.26. The van der Waals surface area contributed by atoms with E-state index in [9.17, 15) is 4.79 Å². The van der Waals surface area contributed by atoms with E-state index >= 15 is 0 Å². The number of nitrogen functional groups attached to an aromatic ring is 1. The number of piperazine rings is 1. The van der Waals surface area contributed by atoms with Crippen molar-refractivity contribution < 1.29 is 4.79 Å². The number of nitrogens with zero attached hydrogens (tertiary/aromatic N) is 3. The Hall–Kier alpha value is -2.47. The second-order valence-electron chi connectivity index (χ2n) is 6.38. The normalized spacial score (nSPS) is 17.0. The molecule has 3 heterocycles. The van der Waals surface area contributed by atoms with Gasteiger partial charge in [-0.15, -0.1) is 0 Å². The Bertz CT molecular complexity index is 728. The molecule has 0 aromatic carbocycles. The number of rotatable bonds is 3. The predicted octanol–water partition coefficient (Wildman–Crippen LogP) is 1.48. The van der Waals surface area contributed by atoms with Gasteiger partial charge in [0, 0.05) is 31.4 Å². The summed E-state index contributed by atoms with van der Waals surface area (Å²) in [6, 6.07) is 8.88. The average molecular weight is 311 g/mol. The van der Waals surface area contributed by atoms with Gasteiger partial charge in [0.15, 0.2) is 0 Å². The van der Waals surface area contributed by atoms with Gasteiger partial charge >= 0.3 is 0 Å². The standard InChI is InChI=1S/C17H21N5O/c1-17(2)11-22(10-9-20-17)14-7-3-6-13(21-14)15(23)12-5-4-8-19-16(12)18/h3-8,20H,9-11H2,1-2H3,(H2,18,19). The molecular formula is C17H21N5O. The highest BCUT2D eigenvalue weighted by atomic mass is 16.1. The molecule has 0 aliphatic carbocycles. The minimum absolute atomic E-state index is 0.0215. The summed E-state index contributed by atoms with van der Waals surface area (Å²) >= 11 is 0. The van der Waals surface area contributed by atoms with E-state index in [1.165, 1.54) is 0 Å². The summed E-state index contributed by atoms with van der Waals surface area (Å²) in [6.45, 7) is 6.91. The van der Waals surface area contributed by atoms with Crippen LogP contribution in [0.25, 0.3) is 0 Å². The topological polar surface area (TPSA) is 84.1 Å². The lowest BCUT2D eigenvalue weighted by Crippen LogP contribution is -2.57. The minimum Gasteiger partial charge on any atom is -0.383 e. The fourth-order valence-corrected chi connectivity index (χ4v) is 2.81. The maximum absolute atomic E-state index is 12.6. The van der Waals surface area contributed by atoms with Gasteiger partial charge in [0.05, 0.1) is 5.56 Å². The maximum Gasteiger partial charge on any atom is 0.215 e. The summed E-state index contributed by atoms with van der Waals surface area (Å²) < 4.78 is 0. The van der Waals surface area contributed by atoms with Gasteiger partial charge in [-0.1, -0.05) is 6.07 Å². The van der Waals surface area contributed by atoms with Crippen LogP contribution in [-0.2, 0) is 0 Å². The number of ketones is 1. The highest BCUT2D eigenvalue weighted by molar-refractivity contribution is 6.10. The van der Waals surface area contributed by atoms with Gasteiger partial charge in [0.25, 0.3) is 0 Å². The van der Waals surface area contributed by atoms with Gasteiger partial charge in [-0.05, 0) is 38.1 Å². The van der Waals surface area contributed by atoms with E-state index in [2.05, 4.69) is 34.0 Å². The SMILES string of the molecule is CC1(C)CN(c2cccc(C(=O)c3cccnc3N)n2)CCN1. The van der Waals surface area contributed by atoms with Crippen LogP contribution in [0.1, 0.15) is 29.9 Å². The molecule has 0 radical (unpaired) electrons. The van der Waals surface area contributed by atoms with Crippen LogP contribution >= 0.6 is 0 Å². The average Bonchev–Trinajstić information content (AvgIpc) is 2.54. The third kappa shape index (κ3) is 3.32. The van der Waals surface area contributed by atoms with E-state index in [0.29, 0.717) is 11.3 Å². The quantitative estimate of drug-likeness (QED) is 0.835. The van der Waals surface area contributed by atoms with Crippen molar-refractivity contribution in [1.29, 1.82) is 0 Å². The summed E-state index contributed by atoms with van der Waals surface area (Å²) in [5.74, 6) is 0.841. The van der Waals surface area contributed by atoms with E-state index < -0.39 is 0 Å². The summed E-state index contributed by atoms with van der Waals surface area (Å²) in [5, 5.41) is 3.47. The molecule has 0 saturated carbocycles. The zero-order valence-electron chi connectivity index (χ0n) is 13.4. The van der Waals surface area contributed by atoms with Crippen LogP contribution in [-0.4, -0.2) is 40.9 Å². The first kappa shape index (κ1) is 15.4. The fourth-order valence-electron chi connectivity index (χ4n) is 2.81. The van der Waals surface area contributed by atoms with E-state index in [0.717, 1.165) is 25.5 Å². The molecule has 6 heteroatoms. The van der Waals surface area contributed by atoms with Crippen LogP contribution in [0, 0.1) is 0 Å². The number of aromatic nitrogens is 2. The molecule has 1 saturated heterocycles. The molecule has 1 aliphatic rings. The number of nitrogens with two attached hydrogens (primary N) is 1. The number of hydrogen-bond acceptors (Lipinski definition) is 6. The number of hydrogen-bond donors (Lipinski definition) is 2. The Balaban J connectivity index is 1.88. The van der Waals surface area contributed by atoms with E-state index in [1.807, 2.05) is 12.1 Å². The molecule has 2 aromatic heterocycles. The Labute approximate surface area is 135 Å². The van der Waals surface area contributed by atoms with Crippen molar-refractivity contribution in [3.63, 3.8) is 0 Å². The second-order valence-corrected chi connectivity index (χ2v) is 6.38. The van der Waals surface area contributed by atoms with Crippen molar-refractivity contribution in [2.24, 2.45) is 0 Å². The molecule has 0 bridgehead atoms. The summed E-state index contributed by atoms with van der Waals surface area (Å²) in [4.78, 5) is 23.3. The summed E-state index contributed by atoms with van der Waals surface area (Å²) in [5.41, 5.74) is 6.59. The predicted molar refractivity (Wildman–Crippen MR) is 90.6 cm³/mol. The zero-order chi connectivity index (χ0) is 16.4.